The second-order valence-electron chi connectivity index (χ2n) is 12.1. The second kappa shape index (κ2) is 14.1. The number of ketones is 1. The summed E-state index contributed by atoms with van der Waals surface area (Å²) in [7, 11) is 4.31. The van der Waals surface area contributed by atoms with Crippen molar-refractivity contribution in [1.82, 2.24) is 0 Å². The Balaban J connectivity index is 1.89. The van der Waals surface area contributed by atoms with Gasteiger partial charge in [-0.15, -0.1) is 0 Å². The van der Waals surface area contributed by atoms with Crippen molar-refractivity contribution in [3.63, 3.8) is 0 Å². The molecule has 0 aromatic heterocycles. The topological polar surface area (TPSA) is 182 Å². The minimum absolute atomic E-state index is 0.0193. The number of benzene rings is 5. The van der Waals surface area contributed by atoms with Crippen LogP contribution in [0.15, 0.2) is 27.3 Å². The summed E-state index contributed by atoms with van der Waals surface area (Å²) in [6.07, 6.45) is 1.80. The Hall–Kier alpha value is -4.95. The third kappa shape index (κ3) is 5.37. The number of fused-ring (bicyclic) bond motifs is 1. The Morgan fingerprint density at radius 2 is 1.36 bits per heavy atom. The molecule has 0 bridgehead atoms. The molecule has 0 amide bonds. The Morgan fingerprint density at radius 1 is 0.760 bits per heavy atom. The predicted octanol–water partition coefficient (Wildman–Crippen LogP) is 3.56. The molecule has 50 heavy (non-hydrogen) atoms. The van der Waals surface area contributed by atoms with E-state index in [0.29, 0.717) is 60.5 Å². The van der Waals surface area contributed by atoms with Gasteiger partial charge in [0.15, 0.2) is 16.9 Å². The van der Waals surface area contributed by atoms with Crippen LogP contribution in [0.1, 0.15) is 30.9 Å². The summed E-state index contributed by atoms with van der Waals surface area (Å²) < 4.78 is 28.6. The van der Waals surface area contributed by atoms with E-state index in [1.165, 1.54) is 34.3 Å². The molecule has 6 rings (SSSR count). The number of anilines is 2. The molecule has 0 radical (unpaired) electrons. The Bertz CT molecular complexity index is 2270. The zero-order chi connectivity index (χ0) is 35.9. The molecule has 1 aliphatic carbocycles. The van der Waals surface area contributed by atoms with E-state index in [9.17, 15) is 19.5 Å². The number of aliphatic hydroxyl groups excluding tert-OH is 2. The maximum atomic E-state index is 14.7. The van der Waals surface area contributed by atoms with Gasteiger partial charge in [0.2, 0.25) is 5.43 Å². The van der Waals surface area contributed by atoms with Crippen LogP contribution in [0.25, 0.3) is 49.2 Å². The maximum Gasteiger partial charge on any atom is 0.230 e. The van der Waals surface area contributed by atoms with E-state index < -0.39 is 16.8 Å². The van der Waals surface area contributed by atoms with Gasteiger partial charge < -0.3 is 49.6 Å². The molecule has 1 unspecified atom stereocenters. The van der Waals surface area contributed by atoms with E-state index in [-0.39, 0.29) is 92.2 Å². The first-order valence-electron chi connectivity index (χ1n) is 16.3. The monoisotopic (exact) mass is 688 g/mol. The molecular weight excluding hydrogens is 648 g/mol. The Kier molecular flexibility index (Phi) is 9.85. The van der Waals surface area contributed by atoms with Crippen molar-refractivity contribution in [3.8, 4) is 23.0 Å². The summed E-state index contributed by atoms with van der Waals surface area (Å²) >= 11 is 0. The minimum Gasteiger partial charge on any atom is -0.505 e. The number of ether oxygens (including phenoxy) is 5. The second-order valence-corrected chi connectivity index (χ2v) is 12.1. The lowest BCUT2D eigenvalue weighted by Crippen LogP contribution is -2.19. The van der Waals surface area contributed by atoms with Gasteiger partial charge in [-0.1, -0.05) is 11.6 Å². The minimum atomic E-state index is -0.913. The fourth-order valence-corrected chi connectivity index (χ4v) is 7.44. The van der Waals surface area contributed by atoms with Gasteiger partial charge in [0.05, 0.1) is 83.3 Å². The SMILES string of the molecule is COc1c2c3c4c(c(NCCOCCO)c(O)c5c(=O)cc(OC)c(c6c(OC)cc(NCCOCCO)c(c1=O)c63)c54)C=C(C)C2C(C)=O. The standard InChI is InChI=1S/C37H40N2O11/c1-17-14-19-25-30-27(35(44)34(19)39-7-11-50-13-9-41)21(43)16-23(47-4)29(30)28-22(46-3)15-20(38-6-10-49-12-8-40)26-32(28)31(25)33(24(17)18(2)42)37(48-5)36(26)45/h14-16,24,38-41,44H,6-13H2,1-5H3. The number of phenolic OH excluding ortho intramolecular Hbond substituents is 1. The van der Waals surface area contributed by atoms with Gasteiger partial charge >= 0.3 is 0 Å². The molecule has 1 aliphatic rings. The molecule has 264 valence electrons. The molecule has 13 nitrogen and oxygen atoms in total. The van der Waals surface area contributed by atoms with Crippen LogP contribution in [0, 0.1) is 0 Å². The van der Waals surface area contributed by atoms with Crippen molar-refractivity contribution in [3.05, 3.63) is 49.3 Å². The van der Waals surface area contributed by atoms with Crippen molar-refractivity contribution in [2.45, 2.75) is 19.8 Å². The number of carbonyl (C=O) groups is 1. The maximum absolute atomic E-state index is 14.7. The summed E-state index contributed by atoms with van der Waals surface area (Å²) in [4.78, 5) is 42.2. The van der Waals surface area contributed by atoms with Gasteiger partial charge in [-0.3, -0.25) is 14.4 Å². The quantitative estimate of drug-likeness (QED) is 0.0440. The lowest BCUT2D eigenvalue weighted by Gasteiger charge is -2.25. The van der Waals surface area contributed by atoms with Crippen molar-refractivity contribution in [1.29, 1.82) is 0 Å². The molecule has 0 fully saturated rings. The van der Waals surface area contributed by atoms with Crippen LogP contribution in [-0.2, 0) is 14.3 Å². The Morgan fingerprint density at radius 3 is 1.94 bits per heavy atom. The first-order chi connectivity index (χ1) is 24.2. The molecule has 0 saturated carbocycles. The van der Waals surface area contributed by atoms with Crippen molar-refractivity contribution in [2.24, 2.45) is 0 Å². The number of hydrogen-bond donors (Lipinski definition) is 5. The molecule has 5 aromatic rings. The smallest absolute Gasteiger partial charge is 0.230 e. The van der Waals surface area contributed by atoms with Gasteiger partial charge in [-0.05, 0) is 19.2 Å². The molecule has 5 aromatic carbocycles. The van der Waals surface area contributed by atoms with E-state index in [1.807, 2.05) is 0 Å². The average molecular weight is 689 g/mol. The lowest BCUT2D eigenvalue weighted by atomic mass is 9.80. The number of allylic oxidation sites excluding steroid dienone is 1. The van der Waals surface area contributed by atoms with Crippen LogP contribution < -0.4 is 35.7 Å². The van der Waals surface area contributed by atoms with Gasteiger partial charge in [-0.25, -0.2) is 0 Å². The van der Waals surface area contributed by atoms with Gasteiger partial charge in [0.25, 0.3) is 0 Å². The number of phenols is 1. The predicted molar refractivity (Wildman–Crippen MR) is 193 cm³/mol. The summed E-state index contributed by atoms with van der Waals surface area (Å²) in [6.45, 7) is 4.15. The number of aromatic hydroxyl groups is 1. The van der Waals surface area contributed by atoms with E-state index >= 15 is 0 Å². The van der Waals surface area contributed by atoms with Crippen LogP contribution in [-0.4, -0.2) is 95.2 Å². The molecule has 0 saturated heterocycles. The number of nitrogens with one attached hydrogen (secondary N) is 2. The third-order valence-corrected chi connectivity index (χ3v) is 9.25. The van der Waals surface area contributed by atoms with Crippen molar-refractivity contribution in [2.75, 3.05) is 84.7 Å². The fourth-order valence-electron chi connectivity index (χ4n) is 7.44. The van der Waals surface area contributed by atoms with E-state index in [2.05, 4.69) is 10.6 Å². The van der Waals surface area contributed by atoms with Crippen molar-refractivity contribution < 1.29 is 43.8 Å². The number of carbonyl (C=O) groups excluding carboxylic acids is 1. The largest absolute Gasteiger partial charge is 0.505 e. The number of methoxy groups -OCH3 is 3. The van der Waals surface area contributed by atoms with Crippen LogP contribution in [0.5, 0.6) is 23.0 Å². The van der Waals surface area contributed by atoms with E-state index in [0.717, 1.165) is 0 Å². The summed E-state index contributed by atoms with van der Waals surface area (Å²) in [5, 5.41) is 39.8. The lowest BCUT2D eigenvalue weighted by molar-refractivity contribution is -0.117. The van der Waals surface area contributed by atoms with Crippen LogP contribution in [0.2, 0.25) is 0 Å². The normalized spacial score (nSPS) is 14.1. The van der Waals surface area contributed by atoms with E-state index in [4.69, 9.17) is 33.9 Å². The fraction of sp³-hybridized carbons (Fsp3) is 0.378. The van der Waals surface area contributed by atoms with Crippen LogP contribution in [0.3, 0.4) is 0 Å². The third-order valence-electron chi connectivity index (χ3n) is 9.25. The molecule has 0 spiro atoms. The average Bonchev–Trinajstić information content (AvgIpc) is 3.23. The Labute approximate surface area is 286 Å². The molecular formula is C37H40N2O11. The van der Waals surface area contributed by atoms with E-state index in [1.54, 1.807) is 19.1 Å². The summed E-state index contributed by atoms with van der Waals surface area (Å²) in [5.41, 5.74) is 1.15. The first-order valence-corrected chi connectivity index (χ1v) is 16.3. The number of Topliss-reactive ketones (excluding diaryl/α,β-unsaturated/α-hetero) is 1. The van der Waals surface area contributed by atoms with Gasteiger partial charge in [0.1, 0.15) is 17.3 Å². The highest BCUT2D eigenvalue weighted by atomic mass is 16.5. The van der Waals surface area contributed by atoms with Gasteiger partial charge in [-0.2, -0.15) is 0 Å². The molecule has 0 heterocycles. The highest BCUT2D eigenvalue weighted by Gasteiger charge is 2.37. The number of rotatable bonds is 16. The molecule has 13 heteroatoms. The highest BCUT2D eigenvalue weighted by molar-refractivity contribution is 6.40. The number of hydrogen-bond acceptors (Lipinski definition) is 13. The van der Waals surface area contributed by atoms with Crippen LogP contribution >= 0.6 is 0 Å². The van der Waals surface area contributed by atoms with Gasteiger partial charge in [0, 0.05) is 69.0 Å². The highest BCUT2D eigenvalue weighted by Crippen LogP contribution is 2.56. The zero-order valence-corrected chi connectivity index (χ0v) is 28.6. The molecule has 0 aliphatic heterocycles. The van der Waals surface area contributed by atoms with Crippen LogP contribution in [0.4, 0.5) is 11.4 Å². The molecule has 1 atom stereocenters. The molecule has 5 N–H and O–H groups in total. The first kappa shape index (κ1) is 34.9. The number of aliphatic hydroxyl groups is 2. The van der Waals surface area contributed by atoms with Crippen molar-refractivity contribution >= 4 is 66.3 Å². The summed E-state index contributed by atoms with van der Waals surface area (Å²) in [6, 6.07) is 2.99. The zero-order valence-electron chi connectivity index (χ0n) is 28.6. The summed E-state index contributed by atoms with van der Waals surface area (Å²) in [5.74, 6) is -0.909.